The van der Waals surface area contributed by atoms with E-state index in [1.165, 1.54) is 4.90 Å². The van der Waals surface area contributed by atoms with Crippen LogP contribution in [-0.2, 0) is 14.4 Å². The zero-order valence-corrected chi connectivity index (χ0v) is 22.4. The Hall–Kier alpha value is -2.93. The minimum Gasteiger partial charge on any atom is -0.374 e. The van der Waals surface area contributed by atoms with E-state index in [4.69, 9.17) is 11.6 Å². The fraction of sp³-hybridized carbons (Fsp3) is 0.643. The Morgan fingerprint density at radius 2 is 2.00 bits per heavy atom. The summed E-state index contributed by atoms with van der Waals surface area (Å²) in [5.74, 6) is -5.83. The number of hydrogen-bond donors (Lipinski definition) is 3. The molecular formula is C28H34ClF2N5O3. The first-order chi connectivity index (χ1) is 18.7. The number of alkyl halides is 2. The molecule has 3 heterocycles. The predicted molar refractivity (Wildman–Crippen MR) is 141 cm³/mol. The highest BCUT2D eigenvalue weighted by Gasteiger charge is 2.61. The molecule has 3 aliphatic heterocycles. The number of piperidine rings is 3. The molecule has 5 aliphatic rings. The minimum absolute atomic E-state index is 0.0971. The molecule has 1 aromatic rings. The van der Waals surface area contributed by atoms with Crippen LogP contribution >= 0.6 is 11.6 Å². The maximum atomic E-state index is 15.1. The Bertz CT molecular complexity index is 1160. The monoisotopic (exact) mass is 561 g/mol. The van der Waals surface area contributed by atoms with Gasteiger partial charge >= 0.3 is 0 Å². The van der Waals surface area contributed by atoms with Gasteiger partial charge in [-0.15, -0.1) is 0 Å². The molecule has 1 aromatic carbocycles. The molecule has 2 saturated carbocycles. The molecule has 11 heteroatoms. The largest absolute Gasteiger partial charge is 0.374 e. The molecule has 5 fully saturated rings. The van der Waals surface area contributed by atoms with E-state index in [1.54, 1.807) is 24.3 Å². The predicted octanol–water partition coefficient (Wildman–Crippen LogP) is 3.86. The Balaban J connectivity index is 1.38. The van der Waals surface area contributed by atoms with Crippen LogP contribution in [0.15, 0.2) is 24.3 Å². The minimum atomic E-state index is -3.10. The van der Waals surface area contributed by atoms with Gasteiger partial charge in [0.1, 0.15) is 18.1 Å². The maximum Gasteiger partial charge on any atom is 0.255 e. The molecule has 0 spiro atoms. The molecule has 3 saturated heterocycles. The van der Waals surface area contributed by atoms with Gasteiger partial charge in [0.2, 0.25) is 17.7 Å². The lowest BCUT2D eigenvalue weighted by atomic mass is 9.71. The van der Waals surface area contributed by atoms with Crippen molar-refractivity contribution >= 4 is 35.0 Å². The second-order valence-electron chi connectivity index (χ2n) is 11.4. The average molecular weight is 562 g/mol. The first-order valence-electron chi connectivity index (χ1n) is 13.9. The summed E-state index contributed by atoms with van der Waals surface area (Å²) in [6.07, 6.45) is 4.01. The molecule has 0 unspecified atom stereocenters. The van der Waals surface area contributed by atoms with Crippen LogP contribution in [0.4, 0.5) is 14.5 Å². The normalized spacial score (nSPS) is 29.1. The number of fused-ring (bicyclic) bond motifs is 3. The molecule has 2 aliphatic carbocycles. The van der Waals surface area contributed by atoms with Crippen molar-refractivity contribution in [2.75, 3.05) is 11.9 Å². The third-order valence-corrected chi connectivity index (χ3v) is 8.82. The van der Waals surface area contributed by atoms with Crippen molar-refractivity contribution in [3.63, 3.8) is 0 Å². The van der Waals surface area contributed by atoms with Crippen LogP contribution in [0.3, 0.4) is 0 Å². The lowest BCUT2D eigenvalue weighted by Crippen LogP contribution is -2.70. The smallest absolute Gasteiger partial charge is 0.255 e. The third-order valence-electron chi connectivity index (χ3n) is 8.58. The number of carbonyl (C=O) groups excluding carboxylic acids is 3. The van der Waals surface area contributed by atoms with Crippen LogP contribution in [0, 0.1) is 29.1 Å². The first kappa shape index (κ1) is 27.6. The van der Waals surface area contributed by atoms with Crippen LogP contribution in [0.5, 0.6) is 0 Å². The number of rotatable bonds is 9. The molecule has 0 radical (unpaired) electrons. The van der Waals surface area contributed by atoms with E-state index in [2.05, 4.69) is 16.0 Å². The number of nitriles is 1. The summed E-state index contributed by atoms with van der Waals surface area (Å²) in [5, 5.41) is 18.9. The fourth-order valence-electron chi connectivity index (χ4n) is 6.44. The highest BCUT2D eigenvalue weighted by atomic mass is 35.5. The van der Waals surface area contributed by atoms with E-state index in [9.17, 15) is 19.6 Å². The summed E-state index contributed by atoms with van der Waals surface area (Å²) < 4.78 is 30.3. The Morgan fingerprint density at radius 3 is 2.67 bits per heavy atom. The maximum absolute atomic E-state index is 15.1. The summed E-state index contributed by atoms with van der Waals surface area (Å²) in [7, 11) is 0. The molecule has 6 rings (SSSR count). The second-order valence-corrected chi connectivity index (χ2v) is 11.9. The van der Waals surface area contributed by atoms with Crippen molar-refractivity contribution < 1.29 is 23.2 Å². The number of halogens is 3. The van der Waals surface area contributed by atoms with Crippen LogP contribution in [-0.4, -0.2) is 59.3 Å². The number of carbonyl (C=O) groups is 3. The van der Waals surface area contributed by atoms with E-state index < -0.39 is 54.3 Å². The van der Waals surface area contributed by atoms with Crippen LogP contribution < -0.4 is 16.0 Å². The molecule has 6 atom stereocenters. The lowest BCUT2D eigenvalue weighted by Gasteiger charge is -2.54. The first-order valence-corrected chi connectivity index (χ1v) is 14.2. The molecule has 3 N–H and O–H groups in total. The van der Waals surface area contributed by atoms with Crippen molar-refractivity contribution in [2.24, 2.45) is 17.8 Å². The van der Waals surface area contributed by atoms with Gasteiger partial charge in [0.25, 0.3) is 5.92 Å². The summed E-state index contributed by atoms with van der Waals surface area (Å²) in [6.45, 7) is 0.571. The molecule has 0 aromatic heterocycles. The summed E-state index contributed by atoms with van der Waals surface area (Å²) in [5.41, 5.74) is 0.644. The van der Waals surface area contributed by atoms with Crippen LogP contribution in [0.25, 0.3) is 0 Å². The SMILES string of the molecule is N#C[C@H](C[C@@H]1CCCNC1=O)NC(=O)[C@@H]1[C@@H]2CC[C@@H](CC2(F)F)N1C(=O)[C@H](CC1CC1)Nc1cccc(Cl)c1. The van der Waals surface area contributed by atoms with Gasteiger partial charge < -0.3 is 20.9 Å². The second kappa shape index (κ2) is 11.3. The van der Waals surface area contributed by atoms with Gasteiger partial charge in [0.15, 0.2) is 0 Å². The highest BCUT2D eigenvalue weighted by molar-refractivity contribution is 6.30. The number of benzene rings is 1. The van der Waals surface area contributed by atoms with Crippen molar-refractivity contribution in [1.29, 1.82) is 5.26 Å². The summed E-state index contributed by atoms with van der Waals surface area (Å²) in [6, 6.07) is 5.10. The van der Waals surface area contributed by atoms with Crippen molar-refractivity contribution in [3.8, 4) is 6.07 Å². The number of anilines is 1. The molecule has 2 bridgehead atoms. The highest BCUT2D eigenvalue weighted by Crippen LogP contribution is 2.49. The average Bonchev–Trinajstić information content (AvgIpc) is 3.72. The number of nitrogens with one attached hydrogen (secondary N) is 3. The molecular weight excluding hydrogens is 528 g/mol. The van der Waals surface area contributed by atoms with Gasteiger partial charge in [-0.05, 0) is 62.6 Å². The van der Waals surface area contributed by atoms with E-state index in [-0.39, 0.29) is 24.7 Å². The van der Waals surface area contributed by atoms with Gasteiger partial charge in [-0.3, -0.25) is 14.4 Å². The van der Waals surface area contributed by atoms with Crippen molar-refractivity contribution in [1.82, 2.24) is 15.5 Å². The molecule has 3 amide bonds. The number of hydrogen-bond acceptors (Lipinski definition) is 5. The van der Waals surface area contributed by atoms with E-state index in [0.717, 1.165) is 19.3 Å². The van der Waals surface area contributed by atoms with Gasteiger partial charge in [0, 0.05) is 35.6 Å². The van der Waals surface area contributed by atoms with Crippen molar-refractivity contribution in [2.45, 2.75) is 87.9 Å². The van der Waals surface area contributed by atoms with Crippen LogP contribution in [0.1, 0.15) is 57.8 Å². The topological polar surface area (TPSA) is 114 Å². The van der Waals surface area contributed by atoms with Gasteiger partial charge in [0.05, 0.1) is 12.0 Å². The fourth-order valence-corrected chi connectivity index (χ4v) is 6.63. The molecule has 8 nitrogen and oxygen atoms in total. The number of nitrogens with zero attached hydrogens (tertiary/aromatic N) is 2. The zero-order valence-electron chi connectivity index (χ0n) is 21.7. The van der Waals surface area contributed by atoms with E-state index in [1.807, 2.05) is 6.07 Å². The molecule has 39 heavy (non-hydrogen) atoms. The Labute approximate surface area is 231 Å². The van der Waals surface area contributed by atoms with Crippen LogP contribution in [0.2, 0.25) is 5.02 Å². The Kier molecular flexibility index (Phi) is 7.99. The zero-order chi connectivity index (χ0) is 27.7. The van der Waals surface area contributed by atoms with E-state index >= 15 is 8.78 Å². The lowest BCUT2D eigenvalue weighted by molar-refractivity contribution is -0.194. The van der Waals surface area contributed by atoms with Gasteiger partial charge in [-0.2, -0.15) is 5.26 Å². The van der Waals surface area contributed by atoms with Crippen molar-refractivity contribution in [3.05, 3.63) is 29.3 Å². The summed E-state index contributed by atoms with van der Waals surface area (Å²) in [4.78, 5) is 41.3. The van der Waals surface area contributed by atoms with E-state index in [0.29, 0.717) is 42.4 Å². The van der Waals surface area contributed by atoms with Gasteiger partial charge in [-0.1, -0.05) is 30.5 Å². The molecule has 210 valence electrons. The Morgan fingerprint density at radius 1 is 1.21 bits per heavy atom. The number of amides is 3. The summed E-state index contributed by atoms with van der Waals surface area (Å²) >= 11 is 6.14. The third kappa shape index (κ3) is 6.13. The van der Waals surface area contributed by atoms with Gasteiger partial charge in [-0.25, -0.2) is 8.78 Å². The standard InChI is InChI=1S/C28H34ClF2N5O3/c29-18-4-1-5-19(13-18)34-23(11-16-6-7-16)27(39)36-21-8-9-22(28(30,31)14-21)24(36)26(38)35-20(15-32)12-17-3-2-10-33-25(17)37/h1,4-5,13,16-17,20-24,34H,2-3,6-12,14H2,(H,33,37)(H,35,38)/t17-,20-,21-,22-,23-,24-/m0/s1. The quantitative estimate of drug-likeness (QED) is 0.424.